The lowest BCUT2D eigenvalue weighted by atomic mass is 9.81. The summed E-state index contributed by atoms with van der Waals surface area (Å²) in [5, 5.41) is 9.01. The summed E-state index contributed by atoms with van der Waals surface area (Å²) in [5.41, 5.74) is -0.567. The van der Waals surface area contributed by atoms with Crippen LogP contribution in [-0.4, -0.2) is 34.3 Å². The minimum atomic E-state index is -0.878. The van der Waals surface area contributed by atoms with Gasteiger partial charge in [-0.15, -0.1) is 0 Å². The lowest BCUT2D eigenvalue weighted by molar-refractivity contribution is -0.145. The molecular weight excluding hydrogens is 270 g/mol. The molecule has 0 aliphatic carbocycles. The number of nitrogens with zero attached hydrogens (tertiary/aromatic N) is 1. The quantitative estimate of drug-likeness (QED) is 0.699. The lowest BCUT2D eigenvalue weighted by Gasteiger charge is -2.26. The number of likely N-dealkylation sites (tertiary alicyclic amines) is 1. The Bertz CT molecular complexity index is 413. The molecule has 1 heterocycles. The first-order valence-electron chi connectivity index (χ1n) is 7.82. The molecule has 5 heteroatoms. The van der Waals surface area contributed by atoms with E-state index in [2.05, 4.69) is 0 Å². The van der Waals surface area contributed by atoms with Gasteiger partial charge in [-0.25, -0.2) is 0 Å². The van der Waals surface area contributed by atoms with E-state index in [-0.39, 0.29) is 37.1 Å². The van der Waals surface area contributed by atoms with E-state index in [9.17, 15) is 14.4 Å². The normalized spacial score (nSPS) is 19.4. The van der Waals surface area contributed by atoms with Crippen molar-refractivity contribution in [3.8, 4) is 0 Å². The highest BCUT2D eigenvalue weighted by atomic mass is 16.4. The molecule has 1 unspecified atom stereocenters. The van der Waals surface area contributed by atoms with Crippen molar-refractivity contribution in [3.63, 3.8) is 0 Å². The number of carboxylic acids is 1. The van der Waals surface area contributed by atoms with Crippen molar-refractivity contribution in [1.82, 2.24) is 4.90 Å². The summed E-state index contributed by atoms with van der Waals surface area (Å²) in [6, 6.07) is 0. The Balaban J connectivity index is 2.85. The number of amides is 2. The number of aliphatic carboxylic acids is 1. The Morgan fingerprint density at radius 3 is 2.24 bits per heavy atom. The van der Waals surface area contributed by atoms with Gasteiger partial charge in [0.05, 0.1) is 5.41 Å². The van der Waals surface area contributed by atoms with Crippen LogP contribution in [0.15, 0.2) is 0 Å². The number of imide groups is 1. The predicted molar refractivity (Wildman–Crippen MR) is 79.5 cm³/mol. The average molecular weight is 297 g/mol. The summed E-state index contributed by atoms with van der Waals surface area (Å²) < 4.78 is 0. The molecular formula is C16H27NO4. The highest BCUT2D eigenvalue weighted by Gasteiger charge is 2.49. The number of carbonyl (C=O) groups is 3. The zero-order chi connectivity index (χ0) is 16.2. The molecule has 21 heavy (non-hydrogen) atoms. The van der Waals surface area contributed by atoms with Crippen LogP contribution in [0.4, 0.5) is 0 Å². The molecule has 0 saturated carbocycles. The molecule has 1 saturated heterocycles. The first kappa shape index (κ1) is 17.7. The molecule has 0 radical (unpaired) electrons. The van der Waals surface area contributed by atoms with Gasteiger partial charge in [-0.1, -0.05) is 27.7 Å². The molecule has 5 nitrogen and oxygen atoms in total. The molecule has 0 spiro atoms. The van der Waals surface area contributed by atoms with E-state index in [1.165, 1.54) is 4.90 Å². The second-order valence-electron chi connectivity index (χ2n) is 6.57. The fourth-order valence-corrected chi connectivity index (χ4v) is 3.24. The summed E-state index contributed by atoms with van der Waals surface area (Å²) in [7, 11) is 0. The minimum absolute atomic E-state index is 0.000486. The second kappa shape index (κ2) is 7.05. The summed E-state index contributed by atoms with van der Waals surface area (Å²) in [6.45, 7) is 8.14. The number of rotatable bonds is 8. The zero-order valence-electron chi connectivity index (χ0n) is 13.5. The summed E-state index contributed by atoms with van der Waals surface area (Å²) in [6.07, 6.45) is 2.27. The first-order chi connectivity index (χ1) is 9.75. The Morgan fingerprint density at radius 2 is 1.86 bits per heavy atom. The van der Waals surface area contributed by atoms with Gasteiger partial charge in [-0.05, 0) is 31.1 Å². The summed E-state index contributed by atoms with van der Waals surface area (Å²) in [5.74, 6) is -0.972. The minimum Gasteiger partial charge on any atom is -0.481 e. The van der Waals surface area contributed by atoms with Gasteiger partial charge in [0, 0.05) is 19.4 Å². The van der Waals surface area contributed by atoms with E-state index in [4.69, 9.17) is 5.11 Å². The molecule has 1 rings (SSSR count). The van der Waals surface area contributed by atoms with Crippen LogP contribution in [0.2, 0.25) is 0 Å². The van der Waals surface area contributed by atoms with Gasteiger partial charge in [0.25, 0.3) is 0 Å². The number of hydrogen-bond acceptors (Lipinski definition) is 3. The second-order valence-corrected chi connectivity index (χ2v) is 6.57. The molecule has 1 fully saturated rings. The zero-order valence-corrected chi connectivity index (χ0v) is 13.5. The van der Waals surface area contributed by atoms with Gasteiger partial charge in [0.1, 0.15) is 0 Å². The Morgan fingerprint density at radius 1 is 1.29 bits per heavy atom. The van der Waals surface area contributed by atoms with E-state index in [0.29, 0.717) is 25.2 Å². The van der Waals surface area contributed by atoms with Gasteiger partial charge < -0.3 is 5.11 Å². The van der Waals surface area contributed by atoms with Crippen LogP contribution >= 0.6 is 0 Å². The summed E-state index contributed by atoms with van der Waals surface area (Å²) >= 11 is 0. The smallest absolute Gasteiger partial charge is 0.303 e. The van der Waals surface area contributed by atoms with E-state index >= 15 is 0 Å². The monoisotopic (exact) mass is 297 g/mol. The summed E-state index contributed by atoms with van der Waals surface area (Å²) in [4.78, 5) is 37.0. The largest absolute Gasteiger partial charge is 0.481 e. The third-order valence-electron chi connectivity index (χ3n) is 4.55. The topological polar surface area (TPSA) is 74.7 Å². The van der Waals surface area contributed by atoms with Gasteiger partial charge in [-0.2, -0.15) is 0 Å². The maximum atomic E-state index is 12.6. The van der Waals surface area contributed by atoms with E-state index < -0.39 is 11.4 Å². The molecule has 0 aromatic rings. The first-order valence-corrected chi connectivity index (χ1v) is 7.82. The number of carbonyl (C=O) groups excluding carboxylic acids is 2. The molecule has 1 atom stereocenters. The van der Waals surface area contributed by atoms with Crippen LogP contribution in [0.5, 0.6) is 0 Å². The fraction of sp³-hybridized carbons (Fsp3) is 0.812. The maximum Gasteiger partial charge on any atom is 0.303 e. The SMILES string of the molecule is CCC1(CC)CC(=O)N(CC(CC(=O)O)CC(C)C)C1=O. The Labute approximate surface area is 126 Å². The van der Waals surface area contributed by atoms with Gasteiger partial charge >= 0.3 is 5.97 Å². The van der Waals surface area contributed by atoms with E-state index in [1.54, 1.807) is 0 Å². The standard InChI is InChI=1S/C16H27NO4/c1-5-16(6-2)9-13(18)17(15(16)21)10-12(7-11(3)4)8-14(19)20/h11-12H,5-10H2,1-4H3,(H,19,20). The molecule has 1 aliphatic heterocycles. The van der Waals surface area contributed by atoms with Gasteiger partial charge in [-0.3, -0.25) is 19.3 Å². The van der Waals surface area contributed by atoms with Crippen molar-refractivity contribution in [3.05, 3.63) is 0 Å². The highest BCUT2D eigenvalue weighted by Crippen LogP contribution is 2.39. The van der Waals surface area contributed by atoms with Crippen molar-refractivity contribution >= 4 is 17.8 Å². The molecule has 1 N–H and O–H groups in total. The van der Waals surface area contributed by atoms with Crippen molar-refractivity contribution in [2.24, 2.45) is 17.3 Å². The maximum absolute atomic E-state index is 12.6. The third-order valence-corrected chi connectivity index (χ3v) is 4.55. The average Bonchev–Trinajstić information content (AvgIpc) is 2.62. The molecule has 2 amide bonds. The molecule has 1 aliphatic rings. The highest BCUT2D eigenvalue weighted by molar-refractivity contribution is 6.05. The molecule has 0 aromatic carbocycles. The van der Waals surface area contributed by atoms with Gasteiger partial charge in [0.15, 0.2) is 0 Å². The fourth-order valence-electron chi connectivity index (χ4n) is 3.24. The number of carboxylic acid groups (broad SMARTS) is 1. The van der Waals surface area contributed by atoms with Crippen molar-refractivity contribution in [2.75, 3.05) is 6.54 Å². The number of hydrogen-bond donors (Lipinski definition) is 1. The van der Waals surface area contributed by atoms with E-state index in [0.717, 1.165) is 0 Å². The van der Waals surface area contributed by atoms with Crippen LogP contribution in [0.1, 0.15) is 59.8 Å². The molecule has 0 aromatic heterocycles. The van der Waals surface area contributed by atoms with Crippen molar-refractivity contribution in [2.45, 2.75) is 59.8 Å². The Hall–Kier alpha value is -1.39. The van der Waals surface area contributed by atoms with Crippen LogP contribution in [0.3, 0.4) is 0 Å². The Kier molecular flexibility index (Phi) is 5.93. The van der Waals surface area contributed by atoms with Crippen LogP contribution in [0, 0.1) is 17.3 Å². The van der Waals surface area contributed by atoms with Crippen molar-refractivity contribution in [1.29, 1.82) is 0 Å². The van der Waals surface area contributed by atoms with Crippen molar-refractivity contribution < 1.29 is 19.5 Å². The molecule has 0 bridgehead atoms. The third kappa shape index (κ3) is 4.05. The predicted octanol–water partition coefficient (Wildman–Crippen LogP) is 2.69. The van der Waals surface area contributed by atoms with Crippen LogP contribution in [-0.2, 0) is 14.4 Å². The molecule has 120 valence electrons. The lowest BCUT2D eigenvalue weighted by Crippen LogP contribution is -2.39. The van der Waals surface area contributed by atoms with Crippen LogP contribution < -0.4 is 0 Å². The van der Waals surface area contributed by atoms with E-state index in [1.807, 2.05) is 27.7 Å². The van der Waals surface area contributed by atoms with Gasteiger partial charge in [0.2, 0.25) is 11.8 Å². The van der Waals surface area contributed by atoms with Crippen LogP contribution in [0.25, 0.3) is 0 Å².